The number of carbonyl (C=O) groups excluding carboxylic acids is 1. The van der Waals surface area contributed by atoms with Crippen LogP contribution in [0.1, 0.15) is 64.2 Å². The Morgan fingerprint density at radius 2 is 1.83 bits per heavy atom. The molecule has 0 spiro atoms. The molecule has 104 valence electrons. The van der Waals surface area contributed by atoms with Crippen molar-refractivity contribution < 1.29 is 4.79 Å². The van der Waals surface area contributed by atoms with E-state index in [1.54, 1.807) is 0 Å². The summed E-state index contributed by atoms with van der Waals surface area (Å²) >= 11 is 0. The van der Waals surface area contributed by atoms with Gasteiger partial charge < -0.3 is 10.6 Å². The van der Waals surface area contributed by atoms with Gasteiger partial charge in [-0.2, -0.15) is 0 Å². The lowest BCUT2D eigenvalue weighted by atomic mass is 9.86. The highest BCUT2D eigenvalue weighted by molar-refractivity contribution is 5.76. The lowest BCUT2D eigenvalue weighted by molar-refractivity contribution is -0.122. The van der Waals surface area contributed by atoms with Crippen molar-refractivity contribution in [2.45, 2.75) is 70.3 Å². The highest BCUT2D eigenvalue weighted by Gasteiger charge is 2.17. The van der Waals surface area contributed by atoms with Crippen LogP contribution in [0, 0.1) is 5.92 Å². The molecule has 1 aliphatic carbocycles. The maximum atomic E-state index is 11.9. The predicted molar refractivity (Wildman–Crippen MR) is 74.5 cm³/mol. The van der Waals surface area contributed by atoms with Crippen molar-refractivity contribution in [1.82, 2.24) is 10.6 Å². The molecule has 1 unspecified atom stereocenters. The first-order valence-electron chi connectivity index (χ1n) is 7.84. The summed E-state index contributed by atoms with van der Waals surface area (Å²) in [5.74, 6) is 1.10. The van der Waals surface area contributed by atoms with E-state index in [-0.39, 0.29) is 5.91 Å². The van der Waals surface area contributed by atoms with Gasteiger partial charge in [0.15, 0.2) is 0 Å². The van der Waals surface area contributed by atoms with Crippen LogP contribution in [-0.2, 0) is 4.79 Å². The smallest absolute Gasteiger partial charge is 0.220 e. The quantitative estimate of drug-likeness (QED) is 0.807. The predicted octanol–water partition coefficient (Wildman–Crippen LogP) is 2.61. The van der Waals surface area contributed by atoms with E-state index in [1.807, 2.05) is 0 Å². The van der Waals surface area contributed by atoms with Crippen LogP contribution in [-0.4, -0.2) is 25.0 Å². The molecule has 0 radical (unpaired) electrons. The summed E-state index contributed by atoms with van der Waals surface area (Å²) < 4.78 is 0. The molecule has 1 heterocycles. The van der Waals surface area contributed by atoms with Crippen molar-refractivity contribution in [3.8, 4) is 0 Å². The van der Waals surface area contributed by atoms with Crippen LogP contribution in [0.2, 0.25) is 0 Å². The van der Waals surface area contributed by atoms with Gasteiger partial charge in [-0.25, -0.2) is 0 Å². The zero-order chi connectivity index (χ0) is 12.6. The summed E-state index contributed by atoms with van der Waals surface area (Å²) in [4.78, 5) is 11.9. The third kappa shape index (κ3) is 4.97. The zero-order valence-corrected chi connectivity index (χ0v) is 11.5. The normalized spacial score (nSPS) is 26.6. The van der Waals surface area contributed by atoms with Gasteiger partial charge in [0.25, 0.3) is 0 Å². The van der Waals surface area contributed by atoms with Crippen molar-refractivity contribution in [3.05, 3.63) is 0 Å². The van der Waals surface area contributed by atoms with Crippen LogP contribution in [0.5, 0.6) is 0 Å². The minimum Gasteiger partial charge on any atom is -0.353 e. The van der Waals surface area contributed by atoms with Crippen LogP contribution >= 0.6 is 0 Å². The molecule has 2 rings (SSSR count). The summed E-state index contributed by atoms with van der Waals surface area (Å²) in [6.07, 6.45) is 12.1. The third-order valence-corrected chi connectivity index (χ3v) is 4.45. The lowest BCUT2D eigenvalue weighted by Crippen LogP contribution is -2.35. The molecule has 0 aromatic heterocycles. The fourth-order valence-electron chi connectivity index (χ4n) is 3.27. The number of rotatable bonds is 4. The van der Waals surface area contributed by atoms with E-state index in [4.69, 9.17) is 0 Å². The maximum absolute atomic E-state index is 11.9. The Morgan fingerprint density at radius 3 is 2.67 bits per heavy atom. The Bertz CT molecular complexity index is 241. The van der Waals surface area contributed by atoms with Gasteiger partial charge in [-0.1, -0.05) is 32.1 Å². The lowest BCUT2D eigenvalue weighted by Gasteiger charge is -2.22. The second-order valence-corrected chi connectivity index (χ2v) is 5.99. The van der Waals surface area contributed by atoms with E-state index in [9.17, 15) is 4.79 Å². The summed E-state index contributed by atoms with van der Waals surface area (Å²) in [6.45, 7) is 2.15. The fraction of sp³-hybridized carbons (Fsp3) is 0.933. The van der Waals surface area contributed by atoms with Gasteiger partial charge in [-0.3, -0.25) is 4.79 Å². The topological polar surface area (TPSA) is 41.1 Å². The summed E-state index contributed by atoms with van der Waals surface area (Å²) in [5, 5.41) is 6.60. The highest BCUT2D eigenvalue weighted by atomic mass is 16.1. The van der Waals surface area contributed by atoms with Gasteiger partial charge in [0.2, 0.25) is 5.91 Å². The van der Waals surface area contributed by atoms with E-state index >= 15 is 0 Å². The van der Waals surface area contributed by atoms with Gasteiger partial charge in [-0.05, 0) is 44.7 Å². The Balaban J connectivity index is 1.61. The molecule has 0 bridgehead atoms. The molecular formula is C15H28N2O. The molecule has 3 heteroatoms. The van der Waals surface area contributed by atoms with Crippen molar-refractivity contribution in [3.63, 3.8) is 0 Å². The number of nitrogens with one attached hydrogen (secondary N) is 2. The fourth-order valence-corrected chi connectivity index (χ4v) is 3.27. The molecule has 0 aromatic rings. The SMILES string of the molecule is O=C(CCC1CCCCC1)NC1CCCNCC1. The minimum atomic E-state index is 0.285. The first kappa shape index (κ1) is 13.9. The van der Waals surface area contributed by atoms with Crippen LogP contribution in [0.25, 0.3) is 0 Å². The Labute approximate surface area is 111 Å². The van der Waals surface area contributed by atoms with E-state index in [0.29, 0.717) is 6.04 Å². The first-order valence-corrected chi connectivity index (χ1v) is 7.84. The average molecular weight is 252 g/mol. The molecule has 1 saturated heterocycles. The molecule has 1 atom stereocenters. The molecule has 2 fully saturated rings. The van der Waals surface area contributed by atoms with E-state index < -0.39 is 0 Å². The molecule has 1 saturated carbocycles. The monoisotopic (exact) mass is 252 g/mol. The molecular weight excluding hydrogens is 224 g/mol. The Hall–Kier alpha value is -0.570. The third-order valence-electron chi connectivity index (χ3n) is 4.45. The van der Waals surface area contributed by atoms with E-state index in [0.717, 1.165) is 44.7 Å². The number of carbonyl (C=O) groups is 1. The summed E-state index contributed by atoms with van der Waals surface area (Å²) in [7, 11) is 0. The second kappa shape index (κ2) is 7.78. The van der Waals surface area contributed by atoms with Crippen molar-refractivity contribution in [1.29, 1.82) is 0 Å². The van der Waals surface area contributed by atoms with Crippen molar-refractivity contribution >= 4 is 5.91 Å². The maximum Gasteiger partial charge on any atom is 0.220 e. The van der Waals surface area contributed by atoms with Crippen LogP contribution in [0.15, 0.2) is 0 Å². The van der Waals surface area contributed by atoms with Gasteiger partial charge in [0.05, 0.1) is 0 Å². The van der Waals surface area contributed by atoms with Gasteiger partial charge in [-0.15, -0.1) is 0 Å². The molecule has 2 N–H and O–H groups in total. The van der Waals surface area contributed by atoms with Gasteiger partial charge in [0.1, 0.15) is 0 Å². The molecule has 18 heavy (non-hydrogen) atoms. The van der Waals surface area contributed by atoms with Crippen LogP contribution < -0.4 is 10.6 Å². The number of amides is 1. The van der Waals surface area contributed by atoms with E-state index in [2.05, 4.69) is 10.6 Å². The standard InChI is InChI=1S/C15H28N2O/c18-15(9-8-13-5-2-1-3-6-13)17-14-7-4-11-16-12-10-14/h13-14,16H,1-12H2,(H,17,18). The molecule has 0 aromatic carbocycles. The average Bonchev–Trinajstić information content (AvgIpc) is 2.66. The molecule has 1 aliphatic heterocycles. The highest BCUT2D eigenvalue weighted by Crippen LogP contribution is 2.27. The van der Waals surface area contributed by atoms with Crippen molar-refractivity contribution in [2.24, 2.45) is 5.92 Å². The van der Waals surface area contributed by atoms with Gasteiger partial charge >= 0.3 is 0 Å². The summed E-state index contributed by atoms with van der Waals surface area (Å²) in [5.41, 5.74) is 0. The van der Waals surface area contributed by atoms with E-state index in [1.165, 1.54) is 38.5 Å². The first-order chi connectivity index (χ1) is 8.84. The number of hydrogen-bond donors (Lipinski definition) is 2. The van der Waals surface area contributed by atoms with Crippen LogP contribution in [0.3, 0.4) is 0 Å². The molecule has 1 amide bonds. The van der Waals surface area contributed by atoms with Crippen LogP contribution in [0.4, 0.5) is 0 Å². The summed E-state index contributed by atoms with van der Waals surface area (Å²) in [6, 6.07) is 0.416. The van der Waals surface area contributed by atoms with Gasteiger partial charge in [0, 0.05) is 12.5 Å². The second-order valence-electron chi connectivity index (χ2n) is 5.99. The van der Waals surface area contributed by atoms with Crippen molar-refractivity contribution in [2.75, 3.05) is 13.1 Å². The largest absolute Gasteiger partial charge is 0.353 e. The zero-order valence-electron chi connectivity index (χ0n) is 11.5. The molecule has 3 nitrogen and oxygen atoms in total. The Morgan fingerprint density at radius 1 is 1.00 bits per heavy atom. The number of hydrogen-bond acceptors (Lipinski definition) is 2. The Kier molecular flexibility index (Phi) is 5.98. The molecule has 2 aliphatic rings. The minimum absolute atomic E-state index is 0.285.